The van der Waals surface area contributed by atoms with Crippen LogP contribution in [0.1, 0.15) is 34.5 Å². The molecule has 2 rings (SSSR count). The number of carbonyl (C=O) groups is 2. The normalized spacial score (nSPS) is 12.5. The zero-order valence-electron chi connectivity index (χ0n) is 13.4. The predicted molar refractivity (Wildman–Crippen MR) is 87.5 cm³/mol. The summed E-state index contributed by atoms with van der Waals surface area (Å²) in [5.41, 5.74) is 2.71. The van der Waals surface area contributed by atoms with Gasteiger partial charge in [0.05, 0.1) is 0 Å². The number of aliphatic hydroxyl groups excluding tert-OH is 2. The number of hydrogen-bond acceptors (Lipinski definition) is 4. The molecule has 2 atom stereocenters. The van der Waals surface area contributed by atoms with E-state index in [2.05, 4.69) is 0 Å². The van der Waals surface area contributed by atoms with E-state index in [0.29, 0.717) is 11.1 Å². The molecule has 0 unspecified atom stereocenters. The maximum atomic E-state index is 10.4. The highest BCUT2D eigenvalue weighted by Crippen LogP contribution is 2.14. The number of hydrogen-bond donors (Lipinski definition) is 4. The van der Waals surface area contributed by atoms with Crippen LogP contribution in [0.2, 0.25) is 0 Å². The molecular formula is C18H20O6. The number of benzene rings is 2. The summed E-state index contributed by atoms with van der Waals surface area (Å²) >= 11 is 0. The van der Waals surface area contributed by atoms with Crippen LogP contribution in [0.25, 0.3) is 0 Å². The summed E-state index contributed by atoms with van der Waals surface area (Å²) in [7, 11) is 0. The van der Waals surface area contributed by atoms with E-state index < -0.39 is 24.1 Å². The molecule has 0 radical (unpaired) electrons. The Balaban J connectivity index is 0.000000240. The molecule has 0 aliphatic heterocycles. The van der Waals surface area contributed by atoms with Crippen LogP contribution in [0.4, 0.5) is 0 Å². The van der Waals surface area contributed by atoms with Gasteiger partial charge in [0.2, 0.25) is 0 Å². The van der Waals surface area contributed by atoms with Crippen LogP contribution in [0.15, 0.2) is 48.5 Å². The van der Waals surface area contributed by atoms with Gasteiger partial charge in [0.1, 0.15) is 0 Å². The highest BCUT2D eigenvalue weighted by molar-refractivity contribution is 5.74. The van der Waals surface area contributed by atoms with Gasteiger partial charge in [0.25, 0.3) is 0 Å². The average Bonchev–Trinajstić information content (AvgIpc) is 2.53. The fourth-order valence-corrected chi connectivity index (χ4v) is 1.97. The van der Waals surface area contributed by atoms with Crippen molar-refractivity contribution in [1.82, 2.24) is 0 Å². The third kappa shape index (κ3) is 5.83. The number of rotatable bonds is 4. The molecule has 0 spiro atoms. The lowest BCUT2D eigenvalue weighted by Gasteiger charge is -2.05. The quantitative estimate of drug-likeness (QED) is 0.682. The maximum absolute atomic E-state index is 10.4. The van der Waals surface area contributed by atoms with Gasteiger partial charge in [-0.25, -0.2) is 9.59 Å². The van der Waals surface area contributed by atoms with E-state index >= 15 is 0 Å². The minimum absolute atomic E-state index is 0.419. The second kappa shape index (κ2) is 8.81. The molecule has 0 amide bonds. The zero-order valence-corrected chi connectivity index (χ0v) is 13.4. The van der Waals surface area contributed by atoms with Crippen molar-refractivity contribution < 1.29 is 30.0 Å². The maximum Gasteiger partial charge on any atom is 0.337 e. The van der Waals surface area contributed by atoms with Gasteiger partial charge < -0.3 is 20.4 Å². The van der Waals surface area contributed by atoms with E-state index in [0.717, 1.165) is 11.1 Å². The first kappa shape index (κ1) is 19.3. The van der Waals surface area contributed by atoms with E-state index in [1.807, 2.05) is 26.0 Å². The van der Waals surface area contributed by atoms with Crippen molar-refractivity contribution in [2.24, 2.45) is 0 Å². The molecule has 0 saturated heterocycles. The fourth-order valence-electron chi connectivity index (χ4n) is 1.97. The molecule has 4 N–H and O–H groups in total. The van der Waals surface area contributed by atoms with Gasteiger partial charge in [-0.3, -0.25) is 0 Å². The van der Waals surface area contributed by atoms with E-state index in [4.69, 9.17) is 20.4 Å². The van der Waals surface area contributed by atoms with Crippen LogP contribution >= 0.6 is 0 Å². The molecule has 0 saturated carbocycles. The van der Waals surface area contributed by atoms with Crippen LogP contribution in [-0.2, 0) is 9.59 Å². The summed E-state index contributed by atoms with van der Waals surface area (Å²) in [6.45, 7) is 3.69. The molecule has 0 bridgehead atoms. The third-order valence-corrected chi connectivity index (χ3v) is 3.18. The van der Waals surface area contributed by atoms with Gasteiger partial charge in [-0.2, -0.15) is 0 Å². The van der Waals surface area contributed by atoms with Crippen LogP contribution in [0, 0.1) is 13.8 Å². The summed E-state index contributed by atoms with van der Waals surface area (Å²) in [4.78, 5) is 20.7. The van der Waals surface area contributed by atoms with Gasteiger partial charge in [-0.05, 0) is 25.0 Å². The molecule has 0 fully saturated rings. The molecule has 128 valence electrons. The average molecular weight is 332 g/mol. The molecule has 24 heavy (non-hydrogen) atoms. The lowest BCUT2D eigenvalue weighted by atomic mass is 10.1. The van der Waals surface area contributed by atoms with E-state index in [-0.39, 0.29) is 0 Å². The molecule has 2 aromatic rings. The Bertz CT molecular complexity index is 649. The summed E-state index contributed by atoms with van der Waals surface area (Å²) in [5.74, 6) is -2.44. The molecule has 0 aliphatic carbocycles. The Kier molecular flexibility index (Phi) is 7.10. The fraction of sp³-hybridized carbons (Fsp3) is 0.222. The third-order valence-electron chi connectivity index (χ3n) is 3.18. The minimum atomic E-state index is -1.41. The number of carboxylic acid groups (broad SMARTS) is 2. The Morgan fingerprint density at radius 3 is 1.33 bits per heavy atom. The minimum Gasteiger partial charge on any atom is -0.479 e. The summed E-state index contributed by atoms with van der Waals surface area (Å²) < 4.78 is 0. The van der Waals surface area contributed by atoms with E-state index in [1.54, 1.807) is 36.4 Å². The van der Waals surface area contributed by atoms with Crippen LogP contribution in [-0.4, -0.2) is 32.4 Å². The van der Waals surface area contributed by atoms with Crippen molar-refractivity contribution in [2.45, 2.75) is 26.1 Å². The van der Waals surface area contributed by atoms with Gasteiger partial charge in [-0.1, -0.05) is 59.7 Å². The summed E-state index contributed by atoms with van der Waals surface area (Å²) in [5, 5.41) is 35.2. The van der Waals surface area contributed by atoms with Crippen LogP contribution < -0.4 is 0 Å². The lowest BCUT2D eigenvalue weighted by molar-refractivity contribution is -0.147. The Morgan fingerprint density at radius 2 is 1.08 bits per heavy atom. The van der Waals surface area contributed by atoms with Gasteiger partial charge in [0.15, 0.2) is 12.2 Å². The smallest absolute Gasteiger partial charge is 0.337 e. The molecular weight excluding hydrogens is 312 g/mol. The molecule has 0 aliphatic rings. The lowest BCUT2D eigenvalue weighted by Crippen LogP contribution is -2.10. The first-order valence-electron chi connectivity index (χ1n) is 7.17. The van der Waals surface area contributed by atoms with Gasteiger partial charge >= 0.3 is 11.9 Å². The van der Waals surface area contributed by atoms with Crippen LogP contribution in [0.3, 0.4) is 0 Å². The van der Waals surface area contributed by atoms with Gasteiger partial charge in [0, 0.05) is 0 Å². The Morgan fingerprint density at radius 1 is 0.750 bits per heavy atom. The van der Waals surface area contributed by atoms with E-state index in [9.17, 15) is 9.59 Å². The molecule has 2 aromatic carbocycles. The number of aliphatic hydroxyl groups is 2. The topological polar surface area (TPSA) is 115 Å². The van der Waals surface area contributed by atoms with Crippen molar-refractivity contribution in [1.29, 1.82) is 0 Å². The number of aryl methyl sites for hydroxylation is 2. The zero-order chi connectivity index (χ0) is 18.3. The highest BCUT2D eigenvalue weighted by atomic mass is 16.4. The van der Waals surface area contributed by atoms with E-state index in [1.165, 1.54) is 0 Å². The second-order valence-corrected chi connectivity index (χ2v) is 5.31. The molecule has 0 aromatic heterocycles. The van der Waals surface area contributed by atoms with Crippen molar-refractivity contribution in [3.8, 4) is 0 Å². The predicted octanol–water partition coefficient (Wildman–Crippen LogP) is 2.23. The first-order chi connectivity index (χ1) is 11.2. The Hall–Kier alpha value is -2.70. The van der Waals surface area contributed by atoms with Gasteiger partial charge in [-0.15, -0.1) is 0 Å². The molecule has 6 nitrogen and oxygen atoms in total. The molecule has 0 heterocycles. The SMILES string of the molecule is Cc1cccc([C@H](O)C(=O)O)c1.Cc1cccc([C@H](O)C(=O)O)c1. The second-order valence-electron chi connectivity index (χ2n) is 5.31. The number of carboxylic acids is 2. The number of aliphatic carboxylic acids is 2. The first-order valence-corrected chi connectivity index (χ1v) is 7.17. The monoisotopic (exact) mass is 332 g/mol. The van der Waals surface area contributed by atoms with Crippen molar-refractivity contribution in [3.63, 3.8) is 0 Å². The summed E-state index contributed by atoms with van der Waals surface area (Å²) in [6.07, 6.45) is -2.82. The summed E-state index contributed by atoms with van der Waals surface area (Å²) in [6, 6.07) is 13.6. The standard InChI is InChI=1S/2C9H10O3/c2*1-6-3-2-4-7(5-6)8(10)9(11)12/h2*2-5,8,10H,1H3,(H,11,12)/t2*8-/m00/s1. The Labute approximate surface area is 139 Å². The highest BCUT2D eigenvalue weighted by Gasteiger charge is 2.15. The van der Waals surface area contributed by atoms with Crippen molar-refractivity contribution in [3.05, 3.63) is 70.8 Å². The van der Waals surface area contributed by atoms with Crippen molar-refractivity contribution in [2.75, 3.05) is 0 Å². The van der Waals surface area contributed by atoms with Crippen LogP contribution in [0.5, 0.6) is 0 Å². The molecule has 6 heteroatoms. The largest absolute Gasteiger partial charge is 0.479 e. The van der Waals surface area contributed by atoms with Crippen molar-refractivity contribution >= 4 is 11.9 Å².